The van der Waals surface area contributed by atoms with Crippen molar-refractivity contribution in [1.29, 1.82) is 0 Å². The predicted molar refractivity (Wildman–Crippen MR) is 112 cm³/mol. The molecule has 2 N–H and O–H groups in total. The number of hydrogen-bond donors (Lipinski definition) is 2. The number of hydrogen-bond acceptors (Lipinski definition) is 7. The number of hydrazone groups is 1. The summed E-state index contributed by atoms with van der Waals surface area (Å²) in [6.45, 7) is 0.000298. The van der Waals surface area contributed by atoms with E-state index in [2.05, 4.69) is 26.5 Å². The maximum absolute atomic E-state index is 12.4. The third kappa shape index (κ3) is 3.90. The van der Waals surface area contributed by atoms with Gasteiger partial charge in [0.2, 0.25) is 6.10 Å². The molecule has 3 aromatic carbocycles. The molecule has 10 heteroatoms. The van der Waals surface area contributed by atoms with Crippen LogP contribution in [0.4, 0.5) is 5.69 Å². The van der Waals surface area contributed by atoms with Crippen LogP contribution in [0.15, 0.2) is 58.1 Å². The number of phenolic OH excluding ortho intramolecular Hbond substituents is 1. The summed E-state index contributed by atoms with van der Waals surface area (Å²) in [6, 6.07) is 13.6. The molecule has 0 radical (unpaired) electrons. The number of fused-ring (bicyclic) bond motifs is 2. The second-order valence-corrected chi connectivity index (χ2v) is 7.27. The third-order valence-electron chi connectivity index (χ3n) is 4.43. The minimum Gasteiger partial charge on any atom is -0.506 e. The molecule has 0 saturated carbocycles. The van der Waals surface area contributed by atoms with Crippen molar-refractivity contribution in [2.24, 2.45) is 5.10 Å². The van der Waals surface area contributed by atoms with E-state index in [0.29, 0.717) is 11.5 Å². The summed E-state index contributed by atoms with van der Waals surface area (Å²) in [5.41, 5.74) is 2.12. The molecule has 9 nitrogen and oxygen atoms in total. The molecule has 30 heavy (non-hydrogen) atoms. The van der Waals surface area contributed by atoms with Gasteiger partial charge in [-0.25, -0.2) is 5.43 Å². The molecular weight excluding hydrogens is 458 g/mol. The number of nitro groups is 1. The van der Waals surface area contributed by atoms with Crippen LogP contribution in [0.5, 0.6) is 17.2 Å². The van der Waals surface area contributed by atoms with Crippen molar-refractivity contribution in [1.82, 2.24) is 5.43 Å². The van der Waals surface area contributed by atoms with E-state index in [1.807, 2.05) is 30.3 Å². The van der Waals surface area contributed by atoms with E-state index in [0.717, 1.165) is 23.1 Å². The Bertz CT molecular complexity index is 1200. The van der Waals surface area contributed by atoms with Gasteiger partial charge in [0.05, 0.1) is 15.6 Å². The molecule has 1 aliphatic heterocycles. The number of amides is 1. The van der Waals surface area contributed by atoms with Crippen LogP contribution >= 0.6 is 15.9 Å². The number of rotatable bonds is 4. The van der Waals surface area contributed by atoms with Gasteiger partial charge < -0.3 is 14.6 Å². The first-order valence-corrected chi connectivity index (χ1v) is 9.54. The highest BCUT2D eigenvalue weighted by Gasteiger charge is 2.27. The number of nitrogens with one attached hydrogen (secondary N) is 1. The summed E-state index contributed by atoms with van der Waals surface area (Å²) in [5.74, 6) is 0.197. The Morgan fingerprint density at radius 3 is 2.63 bits per heavy atom. The molecule has 0 saturated heterocycles. The zero-order valence-corrected chi connectivity index (χ0v) is 16.8. The zero-order valence-electron chi connectivity index (χ0n) is 15.2. The summed E-state index contributed by atoms with van der Waals surface area (Å²) >= 11 is 3.04. The Balaban J connectivity index is 1.46. The van der Waals surface area contributed by atoms with Gasteiger partial charge in [0.15, 0.2) is 11.5 Å². The minimum absolute atomic E-state index is 0.000298. The van der Waals surface area contributed by atoms with Crippen molar-refractivity contribution in [3.63, 3.8) is 0 Å². The van der Waals surface area contributed by atoms with Crippen LogP contribution in [0.2, 0.25) is 0 Å². The molecule has 0 fully saturated rings. The highest BCUT2D eigenvalue weighted by Crippen LogP contribution is 2.36. The molecule has 0 spiro atoms. The Labute approximate surface area is 178 Å². The number of phenols is 1. The van der Waals surface area contributed by atoms with E-state index in [9.17, 15) is 20.0 Å². The van der Waals surface area contributed by atoms with Crippen LogP contribution in [0.1, 0.15) is 5.56 Å². The van der Waals surface area contributed by atoms with E-state index < -0.39 is 16.9 Å². The topological polar surface area (TPSA) is 123 Å². The first kappa shape index (κ1) is 19.6. The lowest BCUT2D eigenvalue weighted by Gasteiger charge is -2.25. The molecule has 0 aliphatic carbocycles. The maximum Gasteiger partial charge on any atom is 0.284 e. The van der Waals surface area contributed by atoms with Gasteiger partial charge in [-0.1, -0.05) is 24.3 Å². The van der Waals surface area contributed by atoms with Crippen molar-refractivity contribution in [3.8, 4) is 17.2 Å². The monoisotopic (exact) mass is 471 g/mol. The maximum atomic E-state index is 12.4. The molecule has 152 valence electrons. The fourth-order valence-corrected chi connectivity index (χ4v) is 3.40. The van der Waals surface area contributed by atoms with Crippen molar-refractivity contribution in [3.05, 3.63) is 68.7 Å². The van der Waals surface area contributed by atoms with Gasteiger partial charge in [-0.05, 0) is 38.8 Å². The molecule has 4 rings (SSSR count). The number of benzene rings is 3. The van der Waals surface area contributed by atoms with Gasteiger partial charge in [-0.3, -0.25) is 14.9 Å². The molecule has 1 amide bonds. The number of non-ortho nitro benzene ring substituents is 1. The number of aromatic hydroxyl groups is 1. The number of ether oxygens (including phenoxy) is 2. The van der Waals surface area contributed by atoms with Gasteiger partial charge in [-0.2, -0.15) is 5.10 Å². The Morgan fingerprint density at radius 2 is 1.93 bits per heavy atom. The summed E-state index contributed by atoms with van der Waals surface area (Å²) in [4.78, 5) is 22.7. The minimum atomic E-state index is -0.929. The van der Waals surface area contributed by atoms with Gasteiger partial charge in [0, 0.05) is 17.7 Å². The normalized spacial score (nSPS) is 15.3. The smallest absolute Gasteiger partial charge is 0.284 e. The summed E-state index contributed by atoms with van der Waals surface area (Å²) in [6.07, 6.45) is 0.178. The largest absolute Gasteiger partial charge is 0.506 e. The summed E-state index contributed by atoms with van der Waals surface area (Å²) in [7, 11) is 0. The lowest BCUT2D eigenvalue weighted by atomic mass is 10.1. The predicted octanol–water partition coefficient (Wildman–Crippen LogP) is 3.51. The molecule has 1 atom stereocenters. The molecule has 0 bridgehead atoms. The van der Waals surface area contributed by atoms with E-state index >= 15 is 0 Å². The standard InChI is InChI=1S/C20H14BrN3O6/c21-15-8-14(24(27)28)5-13(19(15)25)9-22-23-20(26)18-10-29-16-6-11-3-1-2-4-12(11)7-17(16)30-18/h1-9,18,25H,10H2,(H,23,26)/t18-/m1/s1. The fourth-order valence-electron chi connectivity index (χ4n) is 2.93. The van der Waals surface area contributed by atoms with Crippen LogP contribution < -0.4 is 14.9 Å². The van der Waals surface area contributed by atoms with E-state index in [1.54, 1.807) is 6.07 Å². The van der Waals surface area contributed by atoms with Crippen molar-refractivity contribution >= 4 is 44.5 Å². The molecule has 1 aliphatic rings. The highest BCUT2D eigenvalue weighted by atomic mass is 79.9. The highest BCUT2D eigenvalue weighted by molar-refractivity contribution is 9.10. The molecule has 0 aromatic heterocycles. The third-order valence-corrected chi connectivity index (χ3v) is 5.04. The van der Waals surface area contributed by atoms with E-state index in [-0.39, 0.29) is 28.1 Å². The Hall–Kier alpha value is -3.66. The van der Waals surface area contributed by atoms with Crippen molar-refractivity contribution < 1.29 is 24.3 Å². The SMILES string of the molecule is O=C(NN=Cc1cc([N+](=O)[O-])cc(Br)c1O)[C@H]1COc2cc3ccccc3cc2O1. The van der Waals surface area contributed by atoms with Crippen LogP contribution in [-0.2, 0) is 4.79 Å². The first-order valence-electron chi connectivity index (χ1n) is 8.74. The quantitative estimate of drug-likeness (QED) is 0.341. The van der Waals surface area contributed by atoms with Crippen LogP contribution in [-0.4, -0.2) is 34.9 Å². The number of carbonyl (C=O) groups is 1. The van der Waals surface area contributed by atoms with Crippen molar-refractivity contribution in [2.75, 3.05) is 6.61 Å². The number of carbonyl (C=O) groups excluding carboxylic acids is 1. The van der Waals surface area contributed by atoms with E-state index in [1.165, 1.54) is 6.07 Å². The van der Waals surface area contributed by atoms with Gasteiger partial charge in [0.25, 0.3) is 11.6 Å². The summed E-state index contributed by atoms with van der Waals surface area (Å²) in [5, 5.41) is 26.6. The van der Waals surface area contributed by atoms with Crippen LogP contribution in [0.3, 0.4) is 0 Å². The summed E-state index contributed by atoms with van der Waals surface area (Å²) < 4.78 is 11.5. The fraction of sp³-hybridized carbons (Fsp3) is 0.100. The van der Waals surface area contributed by atoms with Gasteiger partial charge in [-0.15, -0.1) is 0 Å². The van der Waals surface area contributed by atoms with Crippen LogP contribution in [0, 0.1) is 10.1 Å². The Kier molecular flexibility index (Phi) is 5.23. The second kappa shape index (κ2) is 7.99. The van der Waals surface area contributed by atoms with Gasteiger partial charge in [0.1, 0.15) is 12.4 Å². The molecule has 3 aromatic rings. The first-order chi connectivity index (χ1) is 14.4. The molecule has 1 heterocycles. The Morgan fingerprint density at radius 1 is 1.23 bits per heavy atom. The van der Waals surface area contributed by atoms with Gasteiger partial charge >= 0.3 is 0 Å². The number of nitro benzene ring substituents is 1. The lowest BCUT2D eigenvalue weighted by molar-refractivity contribution is -0.385. The lowest BCUT2D eigenvalue weighted by Crippen LogP contribution is -2.42. The van der Waals surface area contributed by atoms with Crippen LogP contribution in [0.25, 0.3) is 10.8 Å². The second-order valence-electron chi connectivity index (χ2n) is 6.42. The number of nitrogens with zero attached hydrogens (tertiary/aromatic N) is 2. The molecular formula is C20H14BrN3O6. The van der Waals surface area contributed by atoms with Crippen molar-refractivity contribution in [2.45, 2.75) is 6.10 Å². The molecule has 0 unspecified atom stereocenters. The van der Waals surface area contributed by atoms with E-state index in [4.69, 9.17) is 9.47 Å². The zero-order chi connectivity index (χ0) is 21.3. The average Bonchev–Trinajstić information content (AvgIpc) is 2.74. The number of halogens is 1. The average molecular weight is 472 g/mol.